The lowest BCUT2D eigenvalue weighted by Crippen LogP contribution is -2.44. The van der Waals surface area contributed by atoms with E-state index in [-0.39, 0.29) is 18.2 Å². The van der Waals surface area contributed by atoms with Gasteiger partial charge in [0.2, 0.25) is 0 Å². The van der Waals surface area contributed by atoms with Crippen molar-refractivity contribution in [1.29, 1.82) is 0 Å². The van der Waals surface area contributed by atoms with Gasteiger partial charge in [-0.15, -0.1) is 0 Å². The number of aryl methyl sites for hydroxylation is 1. The molecule has 0 aliphatic carbocycles. The first-order chi connectivity index (χ1) is 12.0. The first-order valence-corrected chi connectivity index (χ1v) is 9.24. The van der Waals surface area contributed by atoms with Crippen molar-refractivity contribution in [2.75, 3.05) is 19.6 Å². The average Bonchev–Trinajstić information content (AvgIpc) is 3.05. The Labute approximate surface area is 150 Å². The van der Waals surface area contributed by atoms with Crippen LogP contribution < -0.4 is 5.32 Å². The molecule has 0 unspecified atom stereocenters. The van der Waals surface area contributed by atoms with Crippen LogP contribution in [-0.2, 0) is 13.0 Å². The third-order valence-electron chi connectivity index (χ3n) is 5.23. The number of aliphatic hydroxyl groups is 1. The Morgan fingerprint density at radius 2 is 2.00 bits per heavy atom. The Balaban J connectivity index is 1.44. The standard InChI is InChI=1S/C20H30N4O/c1-15-10-22-24(12-15)17(3)16(2)21-11-20(25)14-23-9-8-18-6-4-5-7-19(18)13-23/h4-7,10,12,16-17,20-21,25H,8-9,11,13-14H2,1-3H3/t16-,17+,20+/m0/s1. The molecule has 1 aliphatic rings. The second-order valence-corrected chi connectivity index (χ2v) is 7.34. The molecule has 0 saturated heterocycles. The van der Waals surface area contributed by atoms with Crippen LogP contribution in [0.25, 0.3) is 0 Å². The lowest BCUT2D eigenvalue weighted by Gasteiger charge is -2.31. The summed E-state index contributed by atoms with van der Waals surface area (Å²) in [5.74, 6) is 0. The van der Waals surface area contributed by atoms with Crippen LogP contribution in [0.4, 0.5) is 0 Å². The van der Waals surface area contributed by atoms with Crippen molar-refractivity contribution < 1.29 is 5.11 Å². The minimum atomic E-state index is -0.362. The fourth-order valence-corrected chi connectivity index (χ4v) is 3.45. The largest absolute Gasteiger partial charge is 0.390 e. The molecule has 0 amide bonds. The highest BCUT2D eigenvalue weighted by atomic mass is 16.3. The summed E-state index contributed by atoms with van der Waals surface area (Å²) in [6.45, 7) is 9.62. The van der Waals surface area contributed by atoms with Crippen molar-refractivity contribution in [1.82, 2.24) is 20.0 Å². The molecule has 2 aromatic rings. The van der Waals surface area contributed by atoms with E-state index in [9.17, 15) is 5.11 Å². The highest BCUT2D eigenvalue weighted by Crippen LogP contribution is 2.18. The maximum atomic E-state index is 10.4. The number of nitrogens with zero attached hydrogens (tertiary/aromatic N) is 3. The van der Waals surface area contributed by atoms with Gasteiger partial charge in [-0.1, -0.05) is 24.3 Å². The summed E-state index contributed by atoms with van der Waals surface area (Å²) in [6.07, 6.45) is 4.65. The van der Waals surface area contributed by atoms with Crippen LogP contribution in [0.3, 0.4) is 0 Å². The van der Waals surface area contributed by atoms with Crippen molar-refractivity contribution in [3.8, 4) is 0 Å². The maximum Gasteiger partial charge on any atom is 0.0791 e. The molecule has 5 heteroatoms. The number of hydrogen-bond donors (Lipinski definition) is 2. The van der Waals surface area contributed by atoms with Gasteiger partial charge in [0, 0.05) is 38.4 Å². The molecule has 0 saturated carbocycles. The summed E-state index contributed by atoms with van der Waals surface area (Å²) in [5, 5.41) is 18.3. The first-order valence-electron chi connectivity index (χ1n) is 9.24. The van der Waals surface area contributed by atoms with E-state index in [4.69, 9.17) is 0 Å². The number of β-amino-alcohol motifs (C(OH)–C–C–N with tert-alkyl or cyclic N) is 1. The van der Waals surface area contributed by atoms with Gasteiger partial charge in [-0.05, 0) is 43.9 Å². The second kappa shape index (κ2) is 8.13. The normalized spacial score (nSPS) is 18.6. The molecule has 0 radical (unpaired) electrons. The van der Waals surface area contributed by atoms with E-state index in [1.54, 1.807) is 0 Å². The highest BCUT2D eigenvalue weighted by molar-refractivity contribution is 5.29. The number of rotatable bonds is 7. The molecule has 0 spiro atoms. The number of aromatic nitrogens is 2. The number of benzene rings is 1. The SMILES string of the molecule is Cc1cnn([C@H](C)[C@H](C)NC[C@@H](O)CN2CCc3ccccc3C2)c1. The van der Waals surface area contributed by atoms with Crippen LogP contribution in [0, 0.1) is 6.92 Å². The maximum absolute atomic E-state index is 10.4. The molecular weight excluding hydrogens is 312 g/mol. The van der Waals surface area contributed by atoms with E-state index in [0.29, 0.717) is 13.1 Å². The summed E-state index contributed by atoms with van der Waals surface area (Å²) in [6, 6.07) is 9.11. The third-order valence-corrected chi connectivity index (χ3v) is 5.23. The molecule has 1 aromatic carbocycles. The number of nitrogens with one attached hydrogen (secondary N) is 1. The van der Waals surface area contributed by atoms with Gasteiger partial charge in [0.25, 0.3) is 0 Å². The van der Waals surface area contributed by atoms with E-state index in [2.05, 4.69) is 66.5 Å². The Morgan fingerprint density at radius 1 is 1.24 bits per heavy atom. The second-order valence-electron chi connectivity index (χ2n) is 7.34. The Kier molecular flexibility index (Phi) is 5.89. The molecule has 2 N–H and O–H groups in total. The average molecular weight is 342 g/mol. The number of fused-ring (bicyclic) bond motifs is 1. The Bertz CT molecular complexity index is 684. The van der Waals surface area contributed by atoms with Gasteiger partial charge in [-0.3, -0.25) is 9.58 Å². The topological polar surface area (TPSA) is 53.3 Å². The lowest BCUT2D eigenvalue weighted by molar-refractivity contribution is 0.100. The molecular formula is C20H30N4O. The van der Waals surface area contributed by atoms with Crippen molar-refractivity contribution in [3.63, 3.8) is 0 Å². The molecule has 0 fully saturated rings. The molecule has 1 aromatic heterocycles. The van der Waals surface area contributed by atoms with Crippen LogP contribution in [0.15, 0.2) is 36.7 Å². The summed E-state index contributed by atoms with van der Waals surface area (Å²) < 4.78 is 1.99. The molecule has 0 bridgehead atoms. The Hall–Kier alpha value is -1.69. The van der Waals surface area contributed by atoms with Crippen molar-refractivity contribution in [2.24, 2.45) is 0 Å². The van der Waals surface area contributed by atoms with E-state index in [1.165, 1.54) is 16.7 Å². The minimum absolute atomic E-state index is 0.246. The predicted octanol–water partition coefficient (Wildman–Crippen LogP) is 2.15. The van der Waals surface area contributed by atoms with E-state index in [1.807, 2.05) is 10.9 Å². The van der Waals surface area contributed by atoms with Crippen LogP contribution in [0.1, 0.15) is 36.6 Å². The summed E-state index contributed by atoms with van der Waals surface area (Å²) >= 11 is 0. The quantitative estimate of drug-likeness (QED) is 0.810. The molecule has 3 rings (SSSR count). The summed E-state index contributed by atoms with van der Waals surface area (Å²) in [4.78, 5) is 2.35. The molecule has 2 heterocycles. The van der Waals surface area contributed by atoms with Crippen LogP contribution in [-0.4, -0.2) is 51.6 Å². The zero-order valence-electron chi connectivity index (χ0n) is 15.5. The van der Waals surface area contributed by atoms with E-state index < -0.39 is 0 Å². The molecule has 1 aliphatic heterocycles. The fraction of sp³-hybridized carbons (Fsp3) is 0.550. The third kappa shape index (κ3) is 4.69. The zero-order chi connectivity index (χ0) is 17.8. The smallest absolute Gasteiger partial charge is 0.0791 e. The predicted molar refractivity (Wildman–Crippen MR) is 101 cm³/mol. The van der Waals surface area contributed by atoms with E-state index >= 15 is 0 Å². The summed E-state index contributed by atoms with van der Waals surface area (Å²) in [5.41, 5.74) is 4.01. The van der Waals surface area contributed by atoms with Gasteiger partial charge >= 0.3 is 0 Å². The van der Waals surface area contributed by atoms with E-state index in [0.717, 1.165) is 19.5 Å². The highest BCUT2D eigenvalue weighted by Gasteiger charge is 2.20. The van der Waals surface area contributed by atoms with Gasteiger partial charge in [-0.25, -0.2) is 0 Å². The number of hydrogen-bond acceptors (Lipinski definition) is 4. The zero-order valence-corrected chi connectivity index (χ0v) is 15.5. The van der Waals surface area contributed by atoms with Crippen LogP contribution in [0.5, 0.6) is 0 Å². The van der Waals surface area contributed by atoms with Crippen LogP contribution >= 0.6 is 0 Å². The molecule has 136 valence electrons. The van der Waals surface area contributed by atoms with Crippen molar-refractivity contribution >= 4 is 0 Å². The molecule has 25 heavy (non-hydrogen) atoms. The van der Waals surface area contributed by atoms with Crippen LogP contribution in [0.2, 0.25) is 0 Å². The molecule has 3 atom stereocenters. The lowest BCUT2D eigenvalue weighted by atomic mass is 10.00. The van der Waals surface area contributed by atoms with Gasteiger partial charge < -0.3 is 10.4 Å². The molecule has 5 nitrogen and oxygen atoms in total. The van der Waals surface area contributed by atoms with Gasteiger partial charge in [-0.2, -0.15) is 5.10 Å². The van der Waals surface area contributed by atoms with Crippen molar-refractivity contribution in [3.05, 3.63) is 53.3 Å². The minimum Gasteiger partial charge on any atom is -0.390 e. The van der Waals surface area contributed by atoms with Gasteiger partial charge in [0.15, 0.2) is 0 Å². The first kappa shape index (κ1) is 18.1. The van der Waals surface area contributed by atoms with Gasteiger partial charge in [0.1, 0.15) is 0 Å². The summed E-state index contributed by atoms with van der Waals surface area (Å²) in [7, 11) is 0. The van der Waals surface area contributed by atoms with Crippen molar-refractivity contribution in [2.45, 2.75) is 51.9 Å². The monoisotopic (exact) mass is 342 g/mol. The number of aliphatic hydroxyl groups excluding tert-OH is 1. The Morgan fingerprint density at radius 3 is 2.72 bits per heavy atom. The fourth-order valence-electron chi connectivity index (χ4n) is 3.45. The van der Waals surface area contributed by atoms with Gasteiger partial charge in [0.05, 0.1) is 18.3 Å².